The second-order valence-corrected chi connectivity index (χ2v) is 12.0. The summed E-state index contributed by atoms with van der Waals surface area (Å²) in [5.41, 5.74) is 10.0. The van der Waals surface area contributed by atoms with Gasteiger partial charge in [0.25, 0.3) is 0 Å². The number of aliphatic carboxylic acids is 1. The fourth-order valence-electron chi connectivity index (χ4n) is 5.03. The van der Waals surface area contributed by atoms with Gasteiger partial charge < -0.3 is 15.6 Å². The number of carboxylic acids is 1. The molecule has 0 spiro atoms. The first-order chi connectivity index (χ1) is 18.9. The number of carbonyl (C=O) groups excluding carboxylic acids is 1. The Kier molecular flexibility index (Phi) is 7.06. The van der Waals surface area contributed by atoms with E-state index in [1.54, 1.807) is 18.7 Å². The molecule has 3 N–H and O–H groups in total. The number of hydrogen-bond donors (Lipinski definition) is 2. The average molecular weight is 564 g/mol. The van der Waals surface area contributed by atoms with E-state index in [4.69, 9.17) is 10.5 Å². The maximum atomic E-state index is 13.8. The normalized spacial score (nSPS) is 17.5. The minimum atomic E-state index is -4.06. The summed E-state index contributed by atoms with van der Waals surface area (Å²) in [6, 6.07) is 15.3. The number of sulfonamides is 1. The maximum absolute atomic E-state index is 13.8. The Morgan fingerprint density at radius 3 is 2.58 bits per heavy atom. The van der Waals surface area contributed by atoms with Crippen LogP contribution in [0.3, 0.4) is 0 Å². The summed E-state index contributed by atoms with van der Waals surface area (Å²) in [5.74, 6) is -2.04. The molecule has 2 atom stereocenters. The number of carbonyl (C=O) groups is 2. The number of aromatic nitrogens is 3. The molecule has 0 radical (unpaired) electrons. The van der Waals surface area contributed by atoms with Crippen molar-refractivity contribution in [3.63, 3.8) is 0 Å². The van der Waals surface area contributed by atoms with E-state index in [9.17, 15) is 23.1 Å². The van der Waals surface area contributed by atoms with Crippen molar-refractivity contribution in [1.29, 1.82) is 0 Å². The van der Waals surface area contributed by atoms with E-state index < -0.39 is 33.9 Å². The first-order valence-corrected chi connectivity index (χ1v) is 14.1. The zero-order valence-corrected chi connectivity index (χ0v) is 23.1. The number of fused-ring (bicyclic) bond motifs is 2. The van der Waals surface area contributed by atoms with Crippen LogP contribution in [-0.2, 0) is 28.4 Å². The zero-order chi connectivity index (χ0) is 28.8. The molecule has 1 aliphatic heterocycles. The molecule has 5 rings (SSSR count). The average Bonchev–Trinajstić information content (AvgIpc) is 3.23. The molecule has 4 aromatic rings. The number of carboxylic acid groups (broad SMARTS) is 1. The van der Waals surface area contributed by atoms with Crippen molar-refractivity contribution in [2.75, 3.05) is 6.54 Å². The molecule has 208 valence electrons. The van der Waals surface area contributed by atoms with Gasteiger partial charge in [-0.05, 0) is 66.4 Å². The highest BCUT2D eigenvalue weighted by molar-refractivity contribution is 7.89. The van der Waals surface area contributed by atoms with Gasteiger partial charge >= 0.3 is 5.97 Å². The summed E-state index contributed by atoms with van der Waals surface area (Å²) < 4.78 is 36.4. The highest BCUT2D eigenvalue weighted by Gasteiger charge is 2.34. The number of aryl methyl sites for hydroxylation is 2. The molecule has 0 aliphatic carbocycles. The smallest absolute Gasteiger partial charge is 0.304 e. The van der Waals surface area contributed by atoms with Gasteiger partial charge in [-0.1, -0.05) is 29.5 Å². The van der Waals surface area contributed by atoms with Gasteiger partial charge in [0.05, 0.1) is 18.5 Å². The van der Waals surface area contributed by atoms with Crippen LogP contribution in [0, 0.1) is 6.92 Å². The standard InChI is InChI=1S/C28H29N5O6S/c1-16-4-5-18(22(13-27(34)35)19-6-8-24-23(11-19)30-31-32(24)3)10-21(16)15-33-14-17(2)39-25-9-7-20(28(29)36)12-26(25)40(33,37)38/h4-12,17,22H,13-15H2,1-3H3,(H2,29,36)(H,34,35). The van der Waals surface area contributed by atoms with Gasteiger partial charge in [-0.3, -0.25) is 9.59 Å². The van der Waals surface area contributed by atoms with Gasteiger partial charge in [0, 0.05) is 25.1 Å². The number of nitrogens with zero attached hydrogens (tertiary/aromatic N) is 4. The quantitative estimate of drug-likeness (QED) is 0.347. The lowest BCUT2D eigenvalue weighted by Crippen LogP contribution is -2.35. The fraction of sp³-hybridized carbons (Fsp3) is 0.286. The summed E-state index contributed by atoms with van der Waals surface area (Å²) >= 11 is 0. The summed E-state index contributed by atoms with van der Waals surface area (Å²) in [4.78, 5) is 23.5. The van der Waals surface area contributed by atoms with Gasteiger partial charge in [-0.25, -0.2) is 13.1 Å². The molecular formula is C28H29N5O6S. The van der Waals surface area contributed by atoms with E-state index >= 15 is 0 Å². The number of amides is 1. The van der Waals surface area contributed by atoms with Crippen molar-refractivity contribution in [3.05, 3.63) is 82.4 Å². The molecule has 12 heteroatoms. The third-order valence-corrected chi connectivity index (χ3v) is 9.01. The second-order valence-electron chi connectivity index (χ2n) is 10.0. The van der Waals surface area contributed by atoms with E-state index in [1.165, 1.54) is 22.5 Å². The fourth-order valence-corrected chi connectivity index (χ4v) is 6.67. The van der Waals surface area contributed by atoms with Gasteiger partial charge in [0.2, 0.25) is 15.9 Å². The molecule has 0 fully saturated rings. The molecule has 2 unspecified atom stereocenters. The van der Waals surface area contributed by atoms with Crippen LogP contribution >= 0.6 is 0 Å². The Hall–Kier alpha value is -4.29. The lowest BCUT2D eigenvalue weighted by atomic mass is 9.86. The highest BCUT2D eigenvalue weighted by Crippen LogP contribution is 2.35. The van der Waals surface area contributed by atoms with Crippen molar-refractivity contribution in [2.45, 2.75) is 43.7 Å². The minimum Gasteiger partial charge on any atom is -0.488 e. The molecule has 1 aliphatic rings. The number of nitrogens with two attached hydrogens (primary N) is 1. The van der Waals surface area contributed by atoms with E-state index in [2.05, 4.69) is 10.3 Å². The van der Waals surface area contributed by atoms with Crippen molar-refractivity contribution in [1.82, 2.24) is 19.3 Å². The van der Waals surface area contributed by atoms with Crippen LogP contribution in [0.1, 0.15) is 51.9 Å². The van der Waals surface area contributed by atoms with Gasteiger partial charge in [-0.2, -0.15) is 4.31 Å². The van der Waals surface area contributed by atoms with Crippen LogP contribution in [-0.4, -0.2) is 57.3 Å². The van der Waals surface area contributed by atoms with Crippen LogP contribution in [0.25, 0.3) is 11.0 Å². The second kappa shape index (κ2) is 10.4. The third-order valence-electron chi connectivity index (χ3n) is 7.17. The van der Waals surface area contributed by atoms with Crippen molar-refractivity contribution in [2.24, 2.45) is 12.8 Å². The molecule has 2 heterocycles. The topological polar surface area (TPSA) is 158 Å². The Balaban J connectivity index is 1.54. The Morgan fingerprint density at radius 1 is 1.12 bits per heavy atom. The molecule has 0 saturated carbocycles. The molecule has 0 saturated heterocycles. The summed E-state index contributed by atoms with van der Waals surface area (Å²) in [6.07, 6.45) is -0.623. The zero-order valence-electron chi connectivity index (χ0n) is 22.2. The van der Waals surface area contributed by atoms with Gasteiger partial charge in [0.15, 0.2) is 0 Å². The van der Waals surface area contributed by atoms with E-state index in [0.29, 0.717) is 5.52 Å². The van der Waals surface area contributed by atoms with Crippen LogP contribution in [0.2, 0.25) is 0 Å². The molecule has 40 heavy (non-hydrogen) atoms. The maximum Gasteiger partial charge on any atom is 0.304 e. The van der Waals surface area contributed by atoms with Gasteiger partial charge in [-0.15, -0.1) is 5.10 Å². The Labute approximate surface area is 231 Å². The van der Waals surface area contributed by atoms with Crippen LogP contribution < -0.4 is 10.5 Å². The number of ether oxygens (including phenoxy) is 1. The molecule has 11 nitrogen and oxygen atoms in total. The van der Waals surface area contributed by atoms with Crippen LogP contribution in [0.15, 0.2) is 59.5 Å². The van der Waals surface area contributed by atoms with E-state index in [0.717, 1.165) is 27.8 Å². The lowest BCUT2D eigenvalue weighted by molar-refractivity contribution is -0.137. The third kappa shape index (κ3) is 5.15. The van der Waals surface area contributed by atoms with Gasteiger partial charge in [0.1, 0.15) is 22.3 Å². The number of hydrogen-bond acceptors (Lipinski definition) is 7. The molecular weight excluding hydrogens is 534 g/mol. The number of benzene rings is 3. The Bertz CT molecular complexity index is 1750. The van der Waals surface area contributed by atoms with Crippen molar-refractivity contribution in [3.8, 4) is 5.75 Å². The first kappa shape index (κ1) is 27.3. The first-order valence-electron chi connectivity index (χ1n) is 12.6. The molecule has 0 bridgehead atoms. The highest BCUT2D eigenvalue weighted by atomic mass is 32.2. The van der Waals surface area contributed by atoms with E-state index in [1.807, 2.05) is 43.3 Å². The van der Waals surface area contributed by atoms with Crippen LogP contribution in [0.4, 0.5) is 0 Å². The number of rotatable bonds is 7. The molecule has 1 aromatic heterocycles. The Morgan fingerprint density at radius 2 is 1.85 bits per heavy atom. The predicted molar refractivity (Wildman–Crippen MR) is 146 cm³/mol. The monoisotopic (exact) mass is 563 g/mol. The number of primary amides is 1. The predicted octanol–water partition coefficient (Wildman–Crippen LogP) is 2.95. The minimum absolute atomic E-state index is 0.0267. The summed E-state index contributed by atoms with van der Waals surface area (Å²) in [7, 11) is -2.28. The van der Waals surface area contributed by atoms with Crippen molar-refractivity contribution < 1.29 is 27.9 Å². The SMILES string of the molecule is Cc1ccc(C(CC(=O)O)c2ccc3c(c2)nnn3C)cc1CN1CC(C)Oc2ccc(C(N)=O)cc2S1(=O)=O. The summed E-state index contributed by atoms with van der Waals surface area (Å²) in [6.45, 7) is 3.75. The molecule has 3 aromatic carbocycles. The van der Waals surface area contributed by atoms with Crippen molar-refractivity contribution >= 4 is 32.9 Å². The van der Waals surface area contributed by atoms with E-state index in [-0.39, 0.29) is 35.7 Å². The molecule has 1 amide bonds. The largest absolute Gasteiger partial charge is 0.488 e. The summed E-state index contributed by atoms with van der Waals surface area (Å²) in [5, 5.41) is 17.9. The van der Waals surface area contributed by atoms with Crippen LogP contribution in [0.5, 0.6) is 5.75 Å². The lowest BCUT2D eigenvalue weighted by Gasteiger charge is -2.24.